The maximum absolute atomic E-state index is 9.34. The number of hydrogen-bond donors (Lipinski definition) is 4. The lowest BCUT2D eigenvalue weighted by Crippen LogP contribution is -2.21. The summed E-state index contributed by atoms with van der Waals surface area (Å²) >= 11 is 6.43. The van der Waals surface area contributed by atoms with Crippen LogP contribution in [0.1, 0.15) is 11.3 Å². The van der Waals surface area contributed by atoms with Crippen molar-refractivity contribution in [1.29, 1.82) is 5.41 Å². The van der Waals surface area contributed by atoms with Crippen molar-refractivity contribution in [2.75, 3.05) is 37.9 Å². The Kier molecular flexibility index (Phi) is 7.38. The highest BCUT2D eigenvalue weighted by molar-refractivity contribution is 6.32. The van der Waals surface area contributed by atoms with Gasteiger partial charge in [-0.1, -0.05) is 11.6 Å². The van der Waals surface area contributed by atoms with Gasteiger partial charge in [0.25, 0.3) is 6.02 Å². The zero-order chi connectivity index (χ0) is 24.9. The molecule has 3 aromatic rings. The summed E-state index contributed by atoms with van der Waals surface area (Å²) in [4.78, 5) is 10.6. The first-order valence-electron chi connectivity index (χ1n) is 11.0. The van der Waals surface area contributed by atoms with Crippen molar-refractivity contribution in [3.8, 4) is 11.5 Å². The normalized spacial score (nSPS) is 16.2. The average molecular weight is 495 g/mol. The van der Waals surface area contributed by atoms with Gasteiger partial charge in [-0.3, -0.25) is 10.4 Å². The fourth-order valence-corrected chi connectivity index (χ4v) is 3.74. The second-order valence-electron chi connectivity index (χ2n) is 8.06. The summed E-state index contributed by atoms with van der Waals surface area (Å²) in [5.41, 5.74) is 3.54. The number of hydrogen-bond acceptors (Lipinski definition) is 7. The minimum absolute atomic E-state index is 0.0732. The van der Waals surface area contributed by atoms with Crippen molar-refractivity contribution >= 4 is 40.5 Å². The molecule has 1 aliphatic rings. The fourth-order valence-electron chi connectivity index (χ4n) is 3.52. The van der Waals surface area contributed by atoms with Gasteiger partial charge in [-0.05, 0) is 55.5 Å². The second-order valence-corrected chi connectivity index (χ2v) is 8.47. The van der Waals surface area contributed by atoms with Crippen LogP contribution in [0.15, 0.2) is 59.7 Å². The number of aromatic nitrogens is 1. The van der Waals surface area contributed by atoms with Crippen molar-refractivity contribution in [1.82, 2.24) is 9.88 Å². The molecule has 4 N–H and O–H groups in total. The number of anilines is 2. The first kappa shape index (κ1) is 24.3. The molecule has 2 heterocycles. The van der Waals surface area contributed by atoms with Gasteiger partial charge >= 0.3 is 0 Å². The van der Waals surface area contributed by atoms with Crippen molar-refractivity contribution in [2.45, 2.75) is 13.0 Å². The summed E-state index contributed by atoms with van der Waals surface area (Å²) < 4.78 is 11.5. The summed E-state index contributed by atoms with van der Waals surface area (Å²) in [6.07, 6.45) is 1.34. The molecule has 4 rings (SSSR count). The third-order valence-electron chi connectivity index (χ3n) is 5.36. The summed E-state index contributed by atoms with van der Waals surface area (Å²) in [5.74, 6) is 1.24. The van der Waals surface area contributed by atoms with Crippen LogP contribution in [0.5, 0.6) is 11.5 Å². The predicted octanol–water partition coefficient (Wildman–Crippen LogP) is 4.63. The van der Waals surface area contributed by atoms with Crippen LogP contribution in [0.25, 0.3) is 0 Å². The van der Waals surface area contributed by atoms with Gasteiger partial charge in [0.2, 0.25) is 0 Å². The summed E-state index contributed by atoms with van der Waals surface area (Å²) in [6.45, 7) is 2.40. The van der Waals surface area contributed by atoms with E-state index in [1.165, 1.54) is 0 Å². The van der Waals surface area contributed by atoms with E-state index in [-0.39, 0.29) is 18.5 Å². The van der Waals surface area contributed by atoms with Crippen LogP contribution in [0, 0.1) is 12.3 Å². The standard InChI is InChI=1S/C25H27ClN6O3/c1-15-4-7-18(12-29-15)34-23-9-6-17(11-21(23)26)30-24(27)20-10-16(5-8-22(20)28-2)31-25-32(3)13-19(14-33)35-25/h4-12,19,28,33H,13-14H2,1-3H3,(H2,27,30)/b31-25-. The number of aliphatic imine (C=N–C) groups is 1. The SMILES string of the molecule is CNc1ccc(/N=C2\OC(CO)CN2C)cc1C(=N)Nc1ccc(Oc2ccc(C)nc2)c(Cl)c1. The Morgan fingerprint density at radius 2 is 2.11 bits per heavy atom. The van der Waals surface area contributed by atoms with Gasteiger partial charge in [0.1, 0.15) is 23.4 Å². The number of nitrogens with one attached hydrogen (secondary N) is 3. The van der Waals surface area contributed by atoms with Crippen LogP contribution in [0.3, 0.4) is 0 Å². The molecule has 1 unspecified atom stereocenters. The highest BCUT2D eigenvalue weighted by atomic mass is 35.5. The monoisotopic (exact) mass is 494 g/mol. The van der Waals surface area contributed by atoms with E-state index in [9.17, 15) is 5.11 Å². The Hall–Kier alpha value is -3.82. The molecule has 0 saturated carbocycles. The molecule has 9 nitrogen and oxygen atoms in total. The maximum Gasteiger partial charge on any atom is 0.292 e. The number of aliphatic hydroxyl groups is 1. The van der Waals surface area contributed by atoms with Crippen molar-refractivity contribution in [2.24, 2.45) is 4.99 Å². The summed E-state index contributed by atoms with van der Waals surface area (Å²) in [5, 5.41) is 24.6. The van der Waals surface area contributed by atoms with Crippen LogP contribution < -0.4 is 15.4 Å². The van der Waals surface area contributed by atoms with Crippen molar-refractivity contribution in [3.63, 3.8) is 0 Å². The molecule has 35 heavy (non-hydrogen) atoms. The van der Waals surface area contributed by atoms with Crippen molar-refractivity contribution < 1.29 is 14.6 Å². The molecule has 0 spiro atoms. The second kappa shape index (κ2) is 10.6. The molecule has 1 atom stereocenters. The van der Waals surface area contributed by atoms with Crippen molar-refractivity contribution in [3.05, 3.63) is 71.0 Å². The van der Waals surface area contributed by atoms with Gasteiger partial charge in [-0.25, -0.2) is 0 Å². The predicted molar refractivity (Wildman–Crippen MR) is 139 cm³/mol. The molecule has 1 fully saturated rings. The first-order chi connectivity index (χ1) is 16.9. The lowest BCUT2D eigenvalue weighted by molar-refractivity contribution is 0.132. The third-order valence-corrected chi connectivity index (χ3v) is 5.65. The van der Waals surface area contributed by atoms with Gasteiger partial charge in [-0.15, -0.1) is 0 Å². The zero-order valence-electron chi connectivity index (χ0n) is 19.7. The number of rotatable bonds is 7. The maximum atomic E-state index is 9.34. The minimum Gasteiger partial charge on any atom is -0.457 e. The highest BCUT2D eigenvalue weighted by Gasteiger charge is 2.26. The quantitative estimate of drug-likeness (QED) is 0.279. The number of benzene rings is 2. The molecule has 182 valence electrons. The third kappa shape index (κ3) is 5.82. The van der Waals surface area contributed by atoms with E-state index >= 15 is 0 Å². The molecule has 1 aromatic heterocycles. The van der Waals surface area contributed by atoms with Crippen LogP contribution in [0.2, 0.25) is 5.02 Å². The molecule has 0 amide bonds. The van der Waals surface area contributed by atoms with E-state index < -0.39 is 0 Å². The topological polar surface area (TPSA) is 115 Å². The number of pyridine rings is 1. The molecule has 0 radical (unpaired) electrons. The average Bonchev–Trinajstić information content (AvgIpc) is 3.21. The van der Waals surface area contributed by atoms with E-state index in [0.717, 1.165) is 11.4 Å². The fraction of sp³-hybridized carbons (Fsp3) is 0.240. The van der Waals surface area contributed by atoms with E-state index in [1.807, 2.05) is 43.1 Å². The summed E-state index contributed by atoms with van der Waals surface area (Å²) in [6, 6.07) is 14.8. The lowest BCUT2D eigenvalue weighted by atomic mass is 10.1. The van der Waals surface area contributed by atoms with Gasteiger partial charge in [0.15, 0.2) is 0 Å². The molecular formula is C25H27ClN6O3. The molecule has 0 aliphatic carbocycles. The molecule has 2 aromatic carbocycles. The Morgan fingerprint density at radius 3 is 2.77 bits per heavy atom. The smallest absolute Gasteiger partial charge is 0.292 e. The largest absolute Gasteiger partial charge is 0.457 e. The molecule has 10 heteroatoms. The van der Waals surface area contributed by atoms with Gasteiger partial charge in [-0.2, -0.15) is 4.99 Å². The summed E-state index contributed by atoms with van der Waals surface area (Å²) in [7, 11) is 3.65. The molecule has 1 saturated heterocycles. The molecule has 0 bridgehead atoms. The van der Waals surface area contributed by atoms with E-state index in [1.54, 1.807) is 37.5 Å². The number of aliphatic hydroxyl groups excluding tert-OH is 1. The number of nitrogens with zero attached hydrogens (tertiary/aromatic N) is 3. The van der Waals surface area contributed by atoms with Gasteiger partial charge < -0.3 is 30.1 Å². The first-order valence-corrected chi connectivity index (χ1v) is 11.4. The zero-order valence-corrected chi connectivity index (χ0v) is 20.4. The van der Waals surface area contributed by atoms with E-state index in [4.69, 9.17) is 26.5 Å². The number of likely N-dealkylation sites (N-methyl/N-ethyl adjacent to an activating group) is 1. The highest BCUT2D eigenvalue weighted by Crippen LogP contribution is 2.32. The van der Waals surface area contributed by atoms with Gasteiger partial charge in [0.05, 0.1) is 30.1 Å². The van der Waals surface area contributed by atoms with Crippen LogP contribution in [-0.4, -0.2) is 60.2 Å². The van der Waals surface area contributed by atoms with Gasteiger partial charge in [0, 0.05) is 36.7 Å². The molecule has 1 aliphatic heterocycles. The molecular weight excluding hydrogens is 468 g/mol. The van der Waals surface area contributed by atoms with Crippen LogP contribution >= 0.6 is 11.6 Å². The Bertz CT molecular complexity index is 1250. The number of halogens is 1. The number of ether oxygens (including phenoxy) is 2. The number of aryl methyl sites for hydroxylation is 1. The van der Waals surface area contributed by atoms with E-state index in [2.05, 4.69) is 20.6 Å². The van der Waals surface area contributed by atoms with Crippen LogP contribution in [-0.2, 0) is 4.74 Å². The van der Waals surface area contributed by atoms with Crippen LogP contribution in [0.4, 0.5) is 17.1 Å². The Balaban J connectivity index is 1.51. The Morgan fingerprint density at radius 1 is 1.29 bits per heavy atom. The minimum atomic E-state index is -0.297. The number of amidine groups is 2. The lowest BCUT2D eigenvalue weighted by Gasteiger charge is -2.15. The van der Waals surface area contributed by atoms with E-state index in [0.29, 0.717) is 46.0 Å². The Labute approximate surface area is 208 Å².